The second-order valence-electron chi connectivity index (χ2n) is 5.51. The average Bonchev–Trinajstić information content (AvgIpc) is 2.48. The first-order valence-electron chi connectivity index (χ1n) is 7.25. The number of piperidine rings is 1. The molecule has 0 amide bonds. The molecule has 0 radical (unpaired) electrons. The van der Waals surface area contributed by atoms with Gasteiger partial charge in [0.15, 0.2) is 0 Å². The first kappa shape index (κ1) is 15.4. The zero-order valence-corrected chi connectivity index (χ0v) is 12.4. The maximum Gasteiger partial charge on any atom is 0.146 e. The van der Waals surface area contributed by atoms with Crippen LogP contribution in [0.25, 0.3) is 0 Å². The Balaban J connectivity index is 1.98. The average molecular weight is 279 g/mol. The summed E-state index contributed by atoms with van der Waals surface area (Å²) in [4.78, 5) is 2.38. The molecule has 112 valence electrons. The number of methoxy groups -OCH3 is 1. The molecular formula is C16H25NO3. The van der Waals surface area contributed by atoms with Gasteiger partial charge in [0.05, 0.1) is 12.7 Å². The molecule has 2 rings (SSSR count). The minimum absolute atomic E-state index is 0.154. The van der Waals surface area contributed by atoms with Crippen LogP contribution in [-0.2, 0) is 16.0 Å². The minimum atomic E-state index is 0.154. The van der Waals surface area contributed by atoms with E-state index in [1.54, 1.807) is 7.11 Å². The summed E-state index contributed by atoms with van der Waals surface area (Å²) in [6.45, 7) is 3.58. The van der Waals surface area contributed by atoms with E-state index in [-0.39, 0.29) is 18.8 Å². The van der Waals surface area contributed by atoms with Crippen LogP contribution in [0.1, 0.15) is 25.3 Å². The molecule has 1 aliphatic rings. The van der Waals surface area contributed by atoms with Gasteiger partial charge in [-0.3, -0.25) is 4.90 Å². The van der Waals surface area contributed by atoms with Crippen LogP contribution in [0, 0.1) is 0 Å². The van der Waals surface area contributed by atoms with Gasteiger partial charge in [0, 0.05) is 25.7 Å². The fourth-order valence-electron chi connectivity index (χ4n) is 2.97. The summed E-state index contributed by atoms with van der Waals surface area (Å²) < 4.78 is 10.6. The number of benzene rings is 1. The maximum absolute atomic E-state index is 9.67. The zero-order chi connectivity index (χ0) is 14.4. The van der Waals surface area contributed by atoms with Crippen LogP contribution < -0.4 is 0 Å². The van der Waals surface area contributed by atoms with Crippen molar-refractivity contribution in [1.29, 1.82) is 0 Å². The predicted molar refractivity (Wildman–Crippen MR) is 78.3 cm³/mol. The van der Waals surface area contributed by atoms with Crippen LogP contribution >= 0.6 is 0 Å². The van der Waals surface area contributed by atoms with Crippen molar-refractivity contribution >= 4 is 0 Å². The van der Waals surface area contributed by atoms with E-state index >= 15 is 0 Å². The number of ether oxygens (including phenoxy) is 2. The quantitative estimate of drug-likeness (QED) is 0.809. The summed E-state index contributed by atoms with van der Waals surface area (Å²) in [6, 6.07) is 11.0. The van der Waals surface area contributed by atoms with Crippen molar-refractivity contribution in [1.82, 2.24) is 4.90 Å². The van der Waals surface area contributed by atoms with E-state index < -0.39 is 0 Å². The van der Waals surface area contributed by atoms with Crippen molar-refractivity contribution in [2.75, 3.05) is 20.5 Å². The van der Waals surface area contributed by atoms with E-state index in [1.807, 2.05) is 6.07 Å². The summed E-state index contributed by atoms with van der Waals surface area (Å²) in [5, 5.41) is 9.67. The molecule has 1 fully saturated rings. The number of aliphatic hydroxyl groups is 1. The second-order valence-corrected chi connectivity index (χ2v) is 5.51. The Bertz CT molecular complexity index is 385. The van der Waals surface area contributed by atoms with E-state index in [2.05, 4.69) is 36.1 Å². The Kier molecular flexibility index (Phi) is 5.98. The molecule has 0 saturated carbocycles. The number of aliphatic hydroxyl groups excluding tert-OH is 1. The third-order valence-electron chi connectivity index (χ3n) is 4.01. The molecule has 1 saturated heterocycles. The molecule has 1 aromatic rings. The van der Waals surface area contributed by atoms with Crippen LogP contribution in [-0.4, -0.2) is 48.7 Å². The third kappa shape index (κ3) is 4.03. The molecule has 1 N–H and O–H groups in total. The Morgan fingerprint density at radius 2 is 2.00 bits per heavy atom. The minimum Gasteiger partial charge on any atom is -0.395 e. The molecule has 0 bridgehead atoms. The Hall–Kier alpha value is -0.940. The molecule has 3 atom stereocenters. The van der Waals surface area contributed by atoms with Crippen LogP contribution in [0.4, 0.5) is 0 Å². The summed E-state index contributed by atoms with van der Waals surface area (Å²) in [6.07, 6.45) is 2.01. The molecular weight excluding hydrogens is 254 g/mol. The normalized spacial score (nSPS) is 27.6. The monoisotopic (exact) mass is 279 g/mol. The van der Waals surface area contributed by atoms with Crippen molar-refractivity contribution in [3.8, 4) is 0 Å². The first-order valence-corrected chi connectivity index (χ1v) is 7.25. The van der Waals surface area contributed by atoms with Gasteiger partial charge < -0.3 is 14.6 Å². The van der Waals surface area contributed by atoms with Gasteiger partial charge in [0.1, 0.15) is 6.79 Å². The lowest BCUT2D eigenvalue weighted by molar-refractivity contribution is -0.113. The van der Waals surface area contributed by atoms with Crippen LogP contribution in [0.2, 0.25) is 0 Å². The van der Waals surface area contributed by atoms with Crippen LogP contribution in [0.15, 0.2) is 30.3 Å². The maximum atomic E-state index is 9.67. The van der Waals surface area contributed by atoms with Gasteiger partial charge in [-0.2, -0.15) is 0 Å². The lowest BCUT2D eigenvalue weighted by Crippen LogP contribution is -2.51. The standard InChI is InChI=1S/C16H25NO3/c1-13-8-16(20-12-19-2)9-15(11-18)17(13)10-14-6-4-3-5-7-14/h3-7,13,15-16,18H,8-12H2,1-2H3. The summed E-state index contributed by atoms with van der Waals surface area (Å²) in [5.41, 5.74) is 1.29. The second kappa shape index (κ2) is 7.74. The predicted octanol–water partition coefficient (Wildman–Crippen LogP) is 2.02. The molecule has 3 unspecified atom stereocenters. The van der Waals surface area contributed by atoms with Gasteiger partial charge in [-0.15, -0.1) is 0 Å². The summed E-state index contributed by atoms with van der Waals surface area (Å²) in [5.74, 6) is 0. The molecule has 20 heavy (non-hydrogen) atoms. The molecule has 0 spiro atoms. The Labute approximate surface area is 121 Å². The van der Waals surface area contributed by atoms with Gasteiger partial charge in [-0.1, -0.05) is 30.3 Å². The van der Waals surface area contributed by atoms with Crippen molar-refractivity contribution in [3.05, 3.63) is 35.9 Å². The van der Waals surface area contributed by atoms with Gasteiger partial charge in [0.2, 0.25) is 0 Å². The van der Waals surface area contributed by atoms with Gasteiger partial charge in [-0.05, 0) is 25.3 Å². The lowest BCUT2D eigenvalue weighted by Gasteiger charge is -2.43. The van der Waals surface area contributed by atoms with E-state index in [4.69, 9.17) is 9.47 Å². The SMILES string of the molecule is COCOC1CC(C)N(Cc2ccccc2)C(CO)C1. The number of hydrogen-bond donors (Lipinski definition) is 1. The smallest absolute Gasteiger partial charge is 0.146 e. The van der Waals surface area contributed by atoms with Crippen LogP contribution in [0.5, 0.6) is 0 Å². The van der Waals surface area contributed by atoms with E-state index in [1.165, 1.54) is 5.56 Å². The zero-order valence-electron chi connectivity index (χ0n) is 12.4. The molecule has 1 aliphatic heterocycles. The molecule has 1 aromatic carbocycles. The number of hydrogen-bond acceptors (Lipinski definition) is 4. The summed E-state index contributed by atoms with van der Waals surface area (Å²) in [7, 11) is 1.64. The highest BCUT2D eigenvalue weighted by Crippen LogP contribution is 2.27. The molecule has 0 aromatic heterocycles. The van der Waals surface area contributed by atoms with Crippen LogP contribution in [0.3, 0.4) is 0 Å². The van der Waals surface area contributed by atoms with Crippen molar-refractivity contribution in [2.24, 2.45) is 0 Å². The fraction of sp³-hybridized carbons (Fsp3) is 0.625. The van der Waals surface area contributed by atoms with Crippen molar-refractivity contribution in [3.63, 3.8) is 0 Å². The highest BCUT2D eigenvalue weighted by molar-refractivity contribution is 5.15. The van der Waals surface area contributed by atoms with E-state index in [0.717, 1.165) is 19.4 Å². The summed E-state index contributed by atoms with van der Waals surface area (Å²) >= 11 is 0. The van der Waals surface area contributed by atoms with E-state index in [9.17, 15) is 5.11 Å². The van der Waals surface area contributed by atoms with E-state index in [0.29, 0.717) is 12.8 Å². The number of nitrogens with zero attached hydrogens (tertiary/aromatic N) is 1. The molecule has 4 heteroatoms. The van der Waals surface area contributed by atoms with Gasteiger partial charge >= 0.3 is 0 Å². The van der Waals surface area contributed by atoms with Crippen molar-refractivity contribution in [2.45, 2.75) is 44.5 Å². The molecule has 0 aliphatic carbocycles. The number of rotatable bonds is 6. The largest absolute Gasteiger partial charge is 0.395 e. The third-order valence-corrected chi connectivity index (χ3v) is 4.01. The fourth-order valence-corrected chi connectivity index (χ4v) is 2.97. The number of likely N-dealkylation sites (tertiary alicyclic amines) is 1. The Morgan fingerprint density at radius 3 is 2.65 bits per heavy atom. The molecule has 1 heterocycles. The topological polar surface area (TPSA) is 41.9 Å². The Morgan fingerprint density at radius 1 is 1.25 bits per heavy atom. The lowest BCUT2D eigenvalue weighted by atomic mass is 9.93. The van der Waals surface area contributed by atoms with Gasteiger partial charge in [-0.25, -0.2) is 0 Å². The van der Waals surface area contributed by atoms with Crippen molar-refractivity contribution < 1.29 is 14.6 Å². The highest BCUT2D eigenvalue weighted by atomic mass is 16.7. The van der Waals surface area contributed by atoms with Gasteiger partial charge in [0.25, 0.3) is 0 Å². The first-order chi connectivity index (χ1) is 9.74. The highest BCUT2D eigenvalue weighted by Gasteiger charge is 2.33. The molecule has 4 nitrogen and oxygen atoms in total.